The zero-order valence-corrected chi connectivity index (χ0v) is 9.32. The van der Waals surface area contributed by atoms with Gasteiger partial charge in [-0.15, -0.1) is 0 Å². The van der Waals surface area contributed by atoms with Crippen LogP contribution < -0.4 is 4.74 Å². The Bertz CT molecular complexity index is 503. The van der Waals surface area contributed by atoms with Crippen LogP contribution in [0.5, 0.6) is 5.75 Å². The summed E-state index contributed by atoms with van der Waals surface area (Å²) in [6.45, 7) is 1.82. The topological polar surface area (TPSA) is 39.4 Å². The molecule has 0 unspecified atom stereocenters. The number of carbonyl (C=O) groups is 1. The lowest BCUT2D eigenvalue weighted by Gasteiger charge is -2.05. The first-order valence-electron chi connectivity index (χ1n) is 4.68. The number of ether oxygens (including phenoxy) is 1. The molecular weight excluding hydrogens is 228 g/mol. The van der Waals surface area contributed by atoms with Crippen LogP contribution in [0.4, 0.5) is 0 Å². The van der Waals surface area contributed by atoms with Crippen molar-refractivity contribution in [2.24, 2.45) is 0 Å². The summed E-state index contributed by atoms with van der Waals surface area (Å²) in [6.07, 6.45) is 1.42. The minimum atomic E-state index is -0.518. The molecule has 4 heteroatoms. The summed E-state index contributed by atoms with van der Waals surface area (Å²) in [5.41, 5.74) is 0.799. The summed E-state index contributed by atoms with van der Waals surface area (Å²) in [7, 11) is 0. The Kier molecular flexibility index (Phi) is 2.97. The molecule has 3 nitrogen and oxygen atoms in total. The van der Waals surface area contributed by atoms with Crippen LogP contribution in [-0.2, 0) is 0 Å². The zero-order valence-electron chi connectivity index (χ0n) is 8.57. The standard InChI is InChI=1S/C12H9ClO3/c1-8-7-9(13)4-5-10(8)16-12(14)11-3-2-6-15-11/h2-7H,1H3. The van der Waals surface area contributed by atoms with Gasteiger partial charge in [-0.25, -0.2) is 4.79 Å². The van der Waals surface area contributed by atoms with Gasteiger partial charge in [0.25, 0.3) is 0 Å². The average Bonchev–Trinajstić information content (AvgIpc) is 2.75. The lowest BCUT2D eigenvalue weighted by Crippen LogP contribution is -2.07. The number of furan rings is 1. The summed E-state index contributed by atoms with van der Waals surface area (Å²) in [5, 5.41) is 0.607. The monoisotopic (exact) mass is 236 g/mol. The van der Waals surface area contributed by atoms with Crippen LogP contribution in [0.2, 0.25) is 5.02 Å². The van der Waals surface area contributed by atoms with Gasteiger partial charge in [0.05, 0.1) is 6.26 Å². The van der Waals surface area contributed by atoms with Gasteiger partial charge in [0.1, 0.15) is 5.75 Å². The van der Waals surface area contributed by atoms with E-state index in [1.54, 1.807) is 30.3 Å². The molecule has 0 radical (unpaired) electrons. The van der Waals surface area contributed by atoms with E-state index in [1.165, 1.54) is 6.26 Å². The Balaban J connectivity index is 2.18. The molecule has 0 fully saturated rings. The van der Waals surface area contributed by atoms with Crippen LogP contribution in [0.15, 0.2) is 41.0 Å². The van der Waals surface area contributed by atoms with Gasteiger partial charge in [0.15, 0.2) is 0 Å². The number of halogens is 1. The molecular formula is C12H9ClO3. The Morgan fingerprint density at radius 1 is 1.38 bits per heavy atom. The largest absolute Gasteiger partial charge is 0.457 e. The van der Waals surface area contributed by atoms with E-state index in [0.29, 0.717) is 10.8 Å². The first-order valence-corrected chi connectivity index (χ1v) is 5.06. The number of aryl methyl sites for hydroxylation is 1. The summed E-state index contributed by atoms with van der Waals surface area (Å²) in [6, 6.07) is 8.23. The molecule has 0 atom stereocenters. The molecule has 0 saturated heterocycles. The number of hydrogen-bond donors (Lipinski definition) is 0. The van der Waals surface area contributed by atoms with Crippen molar-refractivity contribution in [1.82, 2.24) is 0 Å². The van der Waals surface area contributed by atoms with Crippen molar-refractivity contribution in [2.45, 2.75) is 6.92 Å². The smallest absolute Gasteiger partial charge is 0.379 e. The fraction of sp³-hybridized carbons (Fsp3) is 0.0833. The molecule has 0 saturated carbocycles. The van der Waals surface area contributed by atoms with E-state index in [4.69, 9.17) is 20.8 Å². The summed E-state index contributed by atoms with van der Waals surface area (Å²) >= 11 is 5.79. The van der Waals surface area contributed by atoms with Gasteiger partial charge in [-0.2, -0.15) is 0 Å². The molecule has 16 heavy (non-hydrogen) atoms. The minimum absolute atomic E-state index is 0.175. The van der Waals surface area contributed by atoms with Gasteiger partial charge >= 0.3 is 5.97 Å². The van der Waals surface area contributed by atoms with Crippen molar-refractivity contribution in [3.05, 3.63) is 52.9 Å². The van der Waals surface area contributed by atoms with Gasteiger partial charge in [0.2, 0.25) is 5.76 Å². The van der Waals surface area contributed by atoms with Gasteiger partial charge in [0, 0.05) is 5.02 Å². The maximum atomic E-state index is 11.6. The Hall–Kier alpha value is -1.74. The lowest BCUT2D eigenvalue weighted by molar-refractivity contribution is 0.0700. The third-order valence-corrected chi connectivity index (χ3v) is 2.30. The Morgan fingerprint density at radius 3 is 2.81 bits per heavy atom. The predicted molar refractivity (Wildman–Crippen MR) is 59.9 cm³/mol. The average molecular weight is 237 g/mol. The minimum Gasteiger partial charge on any atom is -0.457 e. The highest BCUT2D eigenvalue weighted by Crippen LogP contribution is 2.22. The second-order valence-electron chi connectivity index (χ2n) is 3.28. The maximum Gasteiger partial charge on any atom is 0.379 e. The molecule has 1 aromatic heterocycles. The van der Waals surface area contributed by atoms with E-state index in [-0.39, 0.29) is 5.76 Å². The Labute approximate surface area is 97.6 Å². The van der Waals surface area contributed by atoms with Crippen molar-refractivity contribution in [2.75, 3.05) is 0 Å². The zero-order chi connectivity index (χ0) is 11.5. The highest BCUT2D eigenvalue weighted by atomic mass is 35.5. The quantitative estimate of drug-likeness (QED) is 0.592. The van der Waals surface area contributed by atoms with Crippen molar-refractivity contribution in [1.29, 1.82) is 0 Å². The number of benzene rings is 1. The third kappa shape index (κ3) is 2.25. The molecule has 82 valence electrons. The molecule has 0 N–H and O–H groups in total. The van der Waals surface area contributed by atoms with Gasteiger partial charge in [-0.05, 0) is 42.8 Å². The molecule has 0 aliphatic carbocycles. The van der Waals surface area contributed by atoms with E-state index < -0.39 is 5.97 Å². The summed E-state index contributed by atoms with van der Waals surface area (Å²) < 4.78 is 10.1. The second kappa shape index (κ2) is 4.41. The van der Waals surface area contributed by atoms with Crippen LogP contribution >= 0.6 is 11.6 Å². The third-order valence-electron chi connectivity index (χ3n) is 2.06. The number of esters is 1. The fourth-order valence-electron chi connectivity index (χ4n) is 1.27. The summed E-state index contributed by atoms with van der Waals surface area (Å²) in [5.74, 6) is 0.135. The number of hydrogen-bond acceptors (Lipinski definition) is 3. The van der Waals surface area contributed by atoms with Gasteiger partial charge in [-0.3, -0.25) is 0 Å². The Morgan fingerprint density at radius 2 is 2.19 bits per heavy atom. The first-order chi connectivity index (χ1) is 7.66. The highest BCUT2D eigenvalue weighted by molar-refractivity contribution is 6.30. The molecule has 2 aromatic rings. The molecule has 1 heterocycles. The normalized spacial score (nSPS) is 10.1. The molecule has 0 aliphatic heterocycles. The first kappa shape index (κ1) is 10.8. The van der Waals surface area contributed by atoms with E-state index in [1.807, 2.05) is 6.92 Å². The van der Waals surface area contributed by atoms with E-state index in [2.05, 4.69) is 0 Å². The second-order valence-corrected chi connectivity index (χ2v) is 3.71. The van der Waals surface area contributed by atoms with Gasteiger partial charge < -0.3 is 9.15 Å². The molecule has 0 spiro atoms. The lowest BCUT2D eigenvalue weighted by atomic mass is 10.2. The molecule has 0 amide bonds. The predicted octanol–water partition coefficient (Wildman–Crippen LogP) is 3.46. The van der Waals surface area contributed by atoms with E-state index in [9.17, 15) is 4.79 Å². The van der Waals surface area contributed by atoms with E-state index in [0.717, 1.165) is 5.56 Å². The van der Waals surface area contributed by atoms with E-state index >= 15 is 0 Å². The number of carbonyl (C=O) groups excluding carboxylic acids is 1. The van der Waals surface area contributed by atoms with Crippen molar-refractivity contribution >= 4 is 17.6 Å². The van der Waals surface area contributed by atoms with Crippen LogP contribution in [0.3, 0.4) is 0 Å². The van der Waals surface area contributed by atoms with Crippen LogP contribution in [0.25, 0.3) is 0 Å². The molecule has 1 aromatic carbocycles. The number of rotatable bonds is 2. The fourth-order valence-corrected chi connectivity index (χ4v) is 1.50. The van der Waals surface area contributed by atoms with Crippen molar-refractivity contribution in [3.8, 4) is 5.75 Å². The highest BCUT2D eigenvalue weighted by Gasteiger charge is 2.12. The van der Waals surface area contributed by atoms with Crippen molar-refractivity contribution in [3.63, 3.8) is 0 Å². The molecule has 0 bridgehead atoms. The SMILES string of the molecule is Cc1cc(Cl)ccc1OC(=O)c1ccco1. The van der Waals surface area contributed by atoms with Crippen molar-refractivity contribution < 1.29 is 13.9 Å². The molecule has 2 rings (SSSR count). The van der Waals surface area contributed by atoms with Crippen LogP contribution in [0.1, 0.15) is 16.1 Å². The summed E-state index contributed by atoms with van der Waals surface area (Å²) in [4.78, 5) is 11.6. The molecule has 0 aliphatic rings. The van der Waals surface area contributed by atoms with Crippen LogP contribution in [-0.4, -0.2) is 5.97 Å². The van der Waals surface area contributed by atoms with Gasteiger partial charge in [-0.1, -0.05) is 11.6 Å². The maximum absolute atomic E-state index is 11.6. The van der Waals surface area contributed by atoms with Crippen LogP contribution in [0, 0.1) is 6.92 Å².